The summed E-state index contributed by atoms with van der Waals surface area (Å²) in [5.41, 5.74) is 1.31. The van der Waals surface area contributed by atoms with E-state index in [1.807, 2.05) is 12.1 Å². The smallest absolute Gasteiger partial charge is 0.191 e. The van der Waals surface area contributed by atoms with Crippen LogP contribution in [-0.2, 0) is 17.9 Å². The van der Waals surface area contributed by atoms with Gasteiger partial charge in [-0.15, -0.1) is 35.3 Å². The third kappa shape index (κ3) is 7.67. The first-order chi connectivity index (χ1) is 11.3. The van der Waals surface area contributed by atoms with E-state index in [1.54, 1.807) is 17.6 Å². The molecule has 0 radical (unpaired) electrons. The van der Waals surface area contributed by atoms with Crippen molar-refractivity contribution in [2.24, 2.45) is 4.99 Å². The summed E-state index contributed by atoms with van der Waals surface area (Å²) in [6, 6.07) is 5.92. The molecule has 0 spiro atoms. The average molecular weight is 463 g/mol. The number of furan rings is 1. The fraction of sp³-hybridized carbons (Fsp3) is 0.471. The van der Waals surface area contributed by atoms with Gasteiger partial charge in [0.1, 0.15) is 12.4 Å². The molecule has 2 aromatic rings. The van der Waals surface area contributed by atoms with Crippen LogP contribution in [0.15, 0.2) is 39.3 Å². The Balaban J connectivity index is 0.00000288. The van der Waals surface area contributed by atoms with Gasteiger partial charge < -0.3 is 19.8 Å². The second kappa shape index (κ2) is 12.3. The van der Waals surface area contributed by atoms with Gasteiger partial charge in [0.05, 0.1) is 12.8 Å². The molecular weight excluding hydrogens is 437 g/mol. The van der Waals surface area contributed by atoms with Crippen LogP contribution in [0.3, 0.4) is 0 Å². The van der Waals surface area contributed by atoms with Crippen LogP contribution in [0.2, 0.25) is 0 Å². The number of thiophene rings is 1. The Morgan fingerprint density at radius 1 is 1.33 bits per heavy atom. The highest BCUT2D eigenvalue weighted by atomic mass is 127. The fourth-order valence-corrected chi connectivity index (χ4v) is 2.84. The summed E-state index contributed by atoms with van der Waals surface area (Å²) < 4.78 is 10.8. The van der Waals surface area contributed by atoms with Crippen molar-refractivity contribution in [2.45, 2.75) is 33.4 Å². The molecule has 0 bridgehead atoms. The van der Waals surface area contributed by atoms with E-state index >= 15 is 0 Å². The lowest BCUT2D eigenvalue weighted by Crippen LogP contribution is -2.38. The number of hydrogen-bond acceptors (Lipinski definition) is 4. The van der Waals surface area contributed by atoms with Crippen molar-refractivity contribution in [3.05, 3.63) is 46.0 Å². The number of guanidine groups is 1. The Hall–Kier alpha value is -1.06. The zero-order valence-electron chi connectivity index (χ0n) is 14.2. The van der Waals surface area contributed by atoms with Gasteiger partial charge in [0.25, 0.3) is 0 Å². The second-order valence-electron chi connectivity index (χ2n) is 5.13. The molecule has 7 heteroatoms. The molecule has 0 aliphatic rings. The molecule has 24 heavy (non-hydrogen) atoms. The average Bonchev–Trinajstić information content (AvgIpc) is 3.20. The minimum absolute atomic E-state index is 0. The Morgan fingerprint density at radius 2 is 2.21 bits per heavy atom. The lowest BCUT2D eigenvalue weighted by molar-refractivity contribution is 0.105. The van der Waals surface area contributed by atoms with Gasteiger partial charge in [-0.3, -0.25) is 0 Å². The second-order valence-corrected chi connectivity index (χ2v) is 6.13. The van der Waals surface area contributed by atoms with Crippen molar-refractivity contribution in [3.8, 4) is 0 Å². The van der Waals surface area contributed by atoms with Gasteiger partial charge in [-0.2, -0.15) is 0 Å². The van der Waals surface area contributed by atoms with Gasteiger partial charge >= 0.3 is 0 Å². The van der Waals surface area contributed by atoms with Crippen LogP contribution < -0.4 is 10.6 Å². The van der Waals surface area contributed by atoms with E-state index in [0.717, 1.165) is 31.2 Å². The molecule has 0 fully saturated rings. The van der Waals surface area contributed by atoms with Crippen molar-refractivity contribution < 1.29 is 9.15 Å². The molecule has 0 unspecified atom stereocenters. The molecule has 0 saturated heterocycles. The molecule has 5 nitrogen and oxygen atoms in total. The van der Waals surface area contributed by atoms with Crippen molar-refractivity contribution in [1.29, 1.82) is 0 Å². The van der Waals surface area contributed by atoms with Crippen LogP contribution in [0.4, 0.5) is 0 Å². The summed E-state index contributed by atoms with van der Waals surface area (Å²) >= 11 is 1.75. The summed E-state index contributed by atoms with van der Waals surface area (Å²) in [5.74, 6) is 1.71. The summed E-state index contributed by atoms with van der Waals surface area (Å²) in [6.07, 6.45) is 2.58. The summed E-state index contributed by atoms with van der Waals surface area (Å²) in [6.45, 7) is 7.81. The Labute approximate surface area is 164 Å². The minimum Gasteiger partial charge on any atom is -0.467 e. The number of aliphatic imine (C=N–C) groups is 1. The first kappa shape index (κ1) is 21.0. The number of hydrogen-bond donors (Lipinski definition) is 2. The Bertz CT molecular complexity index is 584. The molecule has 0 aromatic carbocycles. The van der Waals surface area contributed by atoms with Crippen LogP contribution in [0.25, 0.3) is 0 Å². The lowest BCUT2D eigenvalue weighted by atomic mass is 10.3. The van der Waals surface area contributed by atoms with Gasteiger partial charge in [-0.25, -0.2) is 4.99 Å². The number of ether oxygens (including phenoxy) is 1. The summed E-state index contributed by atoms with van der Waals surface area (Å²) in [5, 5.41) is 8.71. The molecule has 0 aliphatic heterocycles. The molecule has 2 N–H and O–H groups in total. The largest absolute Gasteiger partial charge is 0.467 e. The number of halogens is 1. The first-order valence-electron chi connectivity index (χ1n) is 7.95. The number of rotatable bonds is 9. The topological polar surface area (TPSA) is 58.8 Å². The summed E-state index contributed by atoms with van der Waals surface area (Å²) in [4.78, 5) is 5.93. The molecular formula is C17H26IN3O2S. The van der Waals surface area contributed by atoms with Gasteiger partial charge in [-0.05, 0) is 49.4 Å². The zero-order valence-corrected chi connectivity index (χ0v) is 17.4. The van der Waals surface area contributed by atoms with Gasteiger partial charge in [-0.1, -0.05) is 0 Å². The van der Waals surface area contributed by atoms with Crippen LogP contribution in [0.5, 0.6) is 0 Å². The normalized spacial score (nSPS) is 11.2. The lowest BCUT2D eigenvalue weighted by Gasteiger charge is -2.11. The van der Waals surface area contributed by atoms with Gasteiger partial charge in [0.15, 0.2) is 5.96 Å². The maximum Gasteiger partial charge on any atom is 0.191 e. The Kier molecular flexibility index (Phi) is 10.8. The minimum atomic E-state index is 0. The Morgan fingerprint density at radius 3 is 2.88 bits per heavy atom. The van der Waals surface area contributed by atoms with E-state index in [1.165, 1.54) is 10.4 Å². The van der Waals surface area contributed by atoms with Crippen molar-refractivity contribution in [3.63, 3.8) is 0 Å². The van der Waals surface area contributed by atoms with Crippen molar-refractivity contribution in [1.82, 2.24) is 10.6 Å². The zero-order chi connectivity index (χ0) is 16.3. The molecule has 2 rings (SSSR count). The third-order valence-electron chi connectivity index (χ3n) is 3.28. The van der Waals surface area contributed by atoms with Crippen molar-refractivity contribution >= 4 is 41.3 Å². The van der Waals surface area contributed by atoms with E-state index in [-0.39, 0.29) is 24.0 Å². The standard InChI is InChI=1S/C17H25N3O2S.HI/c1-3-18-17(20-12-16-14(2)7-11-23-16)19-8-5-9-21-13-15-6-4-10-22-15;/h4,6-7,10-11H,3,5,8-9,12-13H2,1-2H3,(H2,18,19,20);1H. The molecule has 134 valence electrons. The SMILES string of the molecule is CCNC(=NCc1sccc1C)NCCCOCc1ccco1.I. The van der Waals surface area contributed by atoms with Crippen LogP contribution >= 0.6 is 35.3 Å². The first-order valence-corrected chi connectivity index (χ1v) is 8.83. The fourth-order valence-electron chi connectivity index (χ4n) is 2.01. The van der Waals surface area contributed by atoms with Crippen LogP contribution in [-0.4, -0.2) is 25.7 Å². The van der Waals surface area contributed by atoms with E-state index < -0.39 is 0 Å². The van der Waals surface area contributed by atoms with Crippen molar-refractivity contribution in [2.75, 3.05) is 19.7 Å². The molecule has 2 heterocycles. The highest BCUT2D eigenvalue weighted by Crippen LogP contribution is 2.16. The number of aryl methyl sites for hydroxylation is 1. The predicted molar refractivity (Wildman–Crippen MR) is 110 cm³/mol. The van der Waals surface area contributed by atoms with E-state index in [4.69, 9.17) is 9.15 Å². The van der Waals surface area contributed by atoms with Gasteiger partial charge in [0, 0.05) is 24.6 Å². The van der Waals surface area contributed by atoms with Crippen LogP contribution in [0, 0.1) is 6.92 Å². The maximum absolute atomic E-state index is 5.56. The predicted octanol–water partition coefficient (Wildman–Crippen LogP) is 3.93. The monoisotopic (exact) mass is 463 g/mol. The van der Waals surface area contributed by atoms with Crippen LogP contribution in [0.1, 0.15) is 29.5 Å². The molecule has 0 aliphatic carbocycles. The number of nitrogens with zero attached hydrogens (tertiary/aromatic N) is 1. The molecule has 0 saturated carbocycles. The highest BCUT2D eigenvalue weighted by Gasteiger charge is 2.01. The highest BCUT2D eigenvalue weighted by molar-refractivity contribution is 14.0. The van der Waals surface area contributed by atoms with Gasteiger partial charge in [0.2, 0.25) is 0 Å². The summed E-state index contributed by atoms with van der Waals surface area (Å²) in [7, 11) is 0. The quantitative estimate of drug-likeness (QED) is 0.256. The number of nitrogens with one attached hydrogen (secondary N) is 2. The molecule has 0 atom stereocenters. The third-order valence-corrected chi connectivity index (χ3v) is 4.28. The molecule has 0 amide bonds. The van der Waals surface area contributed by atoms with E-state index in [0.29, 0.717) is 19.8 Å². The molecule has 2 aromatic heterocycles. The maximum atomic E-state index is 5.56. The van der Waals surface area contributed by atoms with E-state index in [2.05, 4.69) is 40.9 Å². The van der Waals surface area contributed by atoms with E-state index in [9.17, 15) is 0 Å².